The van der Waals surface area contributed by atoms with Gasteiger partial charge >= 0.3 is 0 Å². The van der Waals surface area contributed by atoms with E-state index in [0.29, 0.717) is 11.6 Å². The Hall–Kier alpha value is -2.51. The minimum atomic E-state index is -0.649. The number of thiazole rings is 1. The van der Waals surface area contributed by atoms with E-state index in [1.165, 1.54) is 29.7 Å². The van der Waals surface area contributed by atoms with Gasteiger partial charge in [0.25, 0.3) is 0 Å². The van der Waals surface area contributed by atoms with Crippen molar-refractivity contribution in [2.24, 2.45) is 5.73 Å². The summed E-state index contributed by atoms with van der Waals surface area (Å²) in [5.74, 6) is -0.207. The zero-order chi connectivity index (χ0) is 19.3. The molecule has 0 saturated carbocycles. The number of amides is 1. The van der Waals surface area contributed by atoms with Crippen molar-refractivity contribution in [2.75, 3.05) is 5.32 Å². The van der Waals surface area contributed by atoms with Gasteiger partial charge in [-0.25, -0.2) is 9.97 Å². The van der Waals surface area contributed by atoms with Gasteiger partial charge in [-0.3, -0.25) is 4.79 Å². The van der Waals surface area contributed by atoms with Crippen LogP contribution >= 0.6 is 11.3 Å². The molecule has 1 aromatic carbocycles. The molecule has 0 aliphatic heterocycles. The lowest BCUT2D eigenvalue weighted by molar-refractivity contribution is -0.117. The second-order valence-electron chi connectivity index (χ2n) is 7.27. The number of hydrogen-bond acceptors (Lipinski definition) is 5. The number of nitrogens with two attached hydrogens (primary N) is 1. The average Bonchev–Trinajstić information content (AvgIpc) is 3.22. The topological polar surface area (TPSA) is 85.8 Å². The Labute approximate surface area is 168 Å². The average molecular weight is 396 g/mol. The number of rotatable bonds is 6. The third kappa shape index (κ3) is 4.66. The Balaban J connectivity index is 1.33. The maximum Gasteiger partial charge on any atom is 0.243 e. The summed E-state index contributed by atoms with van der Waals surface area (Å²) in [4.78, 5) is 22.8. The first kappa shape index (κ1) is 18.8. The highest BCUT2D eigenvalue weighted by Gasteiger charge is 2.19. The van der Waals surface area contributed by atoms with Gasteiger partial charge in [0.2, 0.25) is 5.91 Å². The van der Waals surface area contributed by atoms with Crippen LogP contribution in [0.1, 0.15) is 41.1 Å². The van der Waals surface area contributed by atoms with Crippen LogP contribution in [0.5, 0.6) is 0 Å². The third-order valence-corrected chi connectivity index (χ3v) is 6.06. The van der Waals surface area contributed by atoms with Crippen molar-refractivity contribution in [2.45, 2.75) is 51.1 Å². The first-order valence-electron chi connectivity index (χ1n) is 9.77. The van der Waals surface area contributed by atoms with Crippen LogP contribution < -0.4 is 11.1 Å². The number of aryl methyl sites for hydroxylation is 2. The van der Waals surface area contributed by atoms with Crippen LogP contribution in [0.2, 0.25) is 0 Å². The molecule has 0 spiro atoms. The fourth-order valence-corrected chi connectivity index (χ4v) is 4.54. The molecule has 2 heterocycles. The van der Waals surface area contributed by atoms with Crippen LogP contribution in [0.15, 0.2) is 42.9 Å². The molecule has 4 rings (SSSR count). The zero-order valence-electron chi connectivity index (χ0n) is 15.8. The van der Waals surface area contributed by atoms with Crippen LogP contribution in [0, 0.1) is 0 Å². The highest BCUT2D eigenvalue weighted by Crippen LogP contribution is 2.28. The van der Waals surface area contributed by atoms with E-state index in [1.807, 2.05) is 29.0 Å². The van der Waals surface area contributed by atoms with Gasteiger partial charge in [-0.15, -0.1) is 11.3 Å². The molecule has 3 N–H and O–H groups in total. The smallest absolute Gasteiger partial charge is 0.243 e. The summed E-state index contributed by atoms with van der Waals surface area (Å²) >= 11 is 1.59. The largest absolute Gasteiger partial charge is 0.333 e. The normalized spacial score (nSPS) is 14.9. The number of carbonyl (C=O) groups is 1. The van der Waals surface area contributed by atoms with E-state index < -0.39 is 6.04 Å². The number of aromatic nitrogens is 3. The molecule has 0 unspecified atom stereocenters. The summed E-state index contributed by atoms with van der Waals surface area (Å²) in [5, 5.41) is 3.56. The van der Waals surface area contributed by atoms with Crippen molar-refractivity contribution in [3.05, 3.63) is 64.7 Å². The fraction of sp³-hybridized carbons (Fsp3) is 0.381. The van der Waals surface area contributed by atoms with Crippen LogP contribution in [-0.2, 0) is 30.6 Å². The number of anilines is 1. The Kier molecular flexibility index (Phi) is 5.83. The molecule has 0 bridgehead atoms. The van der Waals surface area contributed by atoms with Crippen LogP contribution in [0.25, 0.3) is 0 Å². The van der Waals surface area contributed by atoms with Crippen LogP contribution in [-0.4, -0.2) is 26.5 Å². The molecule has 146 valence electrons. The van der Waals surface area contributed by atoms with Gasteiger partial charge in [-0.1, -0.05) is 36.8 Å². The summed E-state index contributed by atoms with van der Waals surface area (Å²) in [6.07, 6.45) is 9.84. The van der Waals surface area contributed by atoms with Gasteiger partial charge in [-0.2, -0.15) is 0 Å². The van der Waals surface area contributed by atoms with E-state index in [2.05, 4.69) is 27.4 Å². The first-order valence-corrected chi connectivity index (χ1v) is 10.6. The van der Waals surface area contributed by atoms with E-state index in [9.17, 15) is 4.79 Å². The highest BCUT2D eigenvalue weighted by molar-refractivity contribution is 7.15. The van der Waals surface area contributed by atoms with Crippen molar-refractivity contribution >= 4 is 22.4 Å². The molecule has 28 heavy (non-hydrogen) atoms. The highest BCUT2D eigenvalue weighted by atomic mass is 32.1. The Morgan fingerprint density at radius 3 is 2.89 bits per heavy atom. The maximum absolute atomic E-state index is 12.5. The SMILES string of the molecule is N[C@@H](Cc1cn(Cc2ccccc2)cn1)C(=O)Nc1nc2c(s1)CCCCC2. The number of fused-ring (bicyclic) bond motifs is 1. The number of imidazole rings is 1. The summed E-state index contributed by atoms with van der Waals surface area (Å²) < 4.78 is 2.01. The van der Waals surface area contributed by atoms with Crippen molar-refractivity contribution in [3.63, 3.8) is 0 Å². The summed E-state index contributed by atoms with van der Waals surface area (Å²) in [7, 11) is 0. The molecule has 6 nitrogen and oxygen atoms in total. The first-order chi connectivity index (χ1) is 13.7. The Morgan fingerprint density at radius 1 is 1.21 bits per heavy atom. The lowest BCUT2D eigenvalue weighted by atomic mass is 10.1. The van der Waals surface area contributed by atoms with Gasteiger partial charge in [-0.05, 0) is 31.2 Å². The van der Waals surface area contributed by atoms with Crippen molar-refractivity contribution in [1.82, 2.24) is 14.5 Å². The summed E-state index contributed by atoms with van der Waals surface area (Å²) in [6.45, 7) is 0.750. The Bertz CT molecular complexity index is 910. The van der Waals surface area contributed by atoms with Crippen LogP contribution in [0.4, 0.5) is 5.13 Å². The van der Waals surface area contributed by atoms with Crippen LogP contribution in [0.3, 0.4) is 0 Å². The molecule has 1 aliphatic rings. The Morgan fingerprint density at radius 2 is 2.04 bits per heavy atom. The molecule has 7 heteroatoms. The van der Waals surface area contributed by atoms with Crippen molar-refractivity contribution < 1.29 is 4.79 Å². The summed E-state index contributed by atoms with van der Waals surface area (Å²) in [6, 6.07) is 9.55. The van der Waals surface area contributed by atoms with E-state index in [4.69, 9.17) is 5.73 Å². The number of benzene rings is 1. The zero-order valence-corrected chi connectivity index (χ0v) is 16.6. The van der Waals surface area contributed by atoms with Gasteiger partial charge in [0.15, 0.2) is 5.13 Å². The van der Waals surface area contributed by atoms with Gasteiger partial charge < -0.3 is 15.6 Å². The lowest BCUT2D eigenvalue weighted by Gasteiger charge is -2.09. The minimum absolute atomic E-state index is 0.207. The van der Waals surface area contributed by atoms with E-state index >= 15 is 0 Å². The van der Waals surface area contributed by atoms with Gasteiger partial charge in [0.1, 0.15) is 0 Å². The molecular formula is C21H25N5OS. The number of nitrogens with zero attached hydrogens (tertiary/aromatic N) is 3. The minimum Gasteiger partial charge on any atom is -0.333 e. The predicted molar refractivity (Wildman–Crippen MR) is 111 cm³/mol. The second kappa shape index (κ2) is 8.67. The van der Waals surface area contributed by atoms with E-state index in [0.717, 1.165) is 30.8 Å². The molecule has 0 saturated heterocycles. The quantitative estimate of drug-likeness (QED) is 0.628. The van der Waals surface area contributed by atoms with Crippen molar-refractivity contribution in [1.29, 1.82) is 0 Å². The number of nitrogens with one attached hydrogen (secondary N) is 1. The fourth-order valence-electron chi connectivity index (χ4n) is 3.49. The molecule has 3 aromatic rings. The maximum atomic E-state index is 12.5. The van der Waals surface area contributed by atoms with Gasteiger partial charge in [0, 0.05) is 24.0 Å². The van der Waals surface area contributed by atoms with Gasteiger partial charge in [0.05, 0.1) is 23.8 Å². The molecule has 1 aliphatic carbocycles. The molecule has 0 radical (unpaired) electrons. The summed E-state index contributed by atoms with van der Waals surface area (Å²) in [5.41, 5.74) is 9.29. The molecule has 1 amide bonds. The standard InChI is InChI=1S/C21H25N5OS/c22-17(11-16-13-26(14-23-16)12-15-7-3-1-4-8-15)20(27)25-21-24-18-9-5-2-6-10-19(18)28-21/h1,3-4,7-8,13-14,17H,2,5-6,9-12,22H2,(H,24,25,27)/t17-/m0/s1. The number of hydrogen-bond donors (Lipinski definition) is 2. The van der Waals surface area contributed by atoms with Crippen molar-refractivity contribution in [3.8, 4) is 0 Å². The second-order valence-corrected chi connectivity index (χ2v) is 8.36. The molecule has 2 aromatic heterocycles. The third-order valence-electron chi connectivity index (χ3n) is 4.99. The molecular weight excluding hydrogens is 370 g/mol. The van der Waals surface area contributed by atoms with E-state index in [-0.39, 0.29) is 5.91 Å². The molecule has 1 atom stereocenters. The molecule has 0 fully saturated rings. The van der Waals surface area contributed by atoms with E-state index in [1.54, 1.807) is 17.7 Å². The number of carbonyl (C=O) groups excluding carboxylic acids is 1. The predicted octanol–water partition coefficient (Wildman–Crippen LogP) is 3.17. The lowest BCUT2D eigenvalue weighted by Crippen LogP contribution is -2.37. The monoisotopic (exact) mass is 395 g/mol.